The molecule has 0 aliphatic carbocycles. The van der Waals surface area contributed by atoms with Crippen LogP contribution in [0.25, 0.3) is 11.4 Å². The highest BCUT2D eigenvalue weighted by Crippen LogP contribution is 2.27. The molecule has 3 rings (SSSR count). The summed E-state index contributed by atoms with van der Waals surface area (Å²) >= 11 is 6.08. The van der Waals surface area contributed by atoms with Crippen molar-refractivity contribution in [2.75, 3.05) is 36.9 Å². The smallest absolute Gasteiger partial charge is 0.230 e. The van der Waals surface area contributed by atoms with E-state index in [0.29, 0.717) is 42.8 Å². The lowest BCUT2D eigenvalue weighted by Gasteiger charge is -2.26. The van der Waals surface area contributed by atoms with Crippen molar-refractivity contribution in [3.63, 3.8) is 0 Å². The predicted octanol–water partition coefficient (Wildman–Crippen LogP) is 1.75. The third-order valence-electron chi connectivity index (χ3n) is 3.10. The molecule has 2 heterocycles. The third-order valence-corrected chi connectivity index (χ3v) is 3.43. The van der Waals surface area contributed by atoms with Gasteiger partial charge in [0.05, 0.1) is 18.2 Å². The van der Waals surface area contributed by atoms with E-state index in [1.54, 1.807) is 0 Å². The molecule has 8 heteroatoms. The molecule has 0 unspecified atom stereocenters. The second-order valence-corrected chi connectivity index (χ2v) is 4.95. The van der Waals surface area contributed by atoms with Crippen LogP contribution < -0.4 is 10.6 Å². The molecule has 0 radical (unpaired) electrons. The molecule has 110 valence electrons. The minimum Gasteiger partial charge on any atom is -0.378 e. The number of nitrogens with zero attached hydrogens (tertiary/aromatic N) is 4. The summed E-state index contributed by atoms with van der Waals surface area (Å²) in [5.74, 6) is 0.359. The first-order chi connectivity index (χ1) is 10.1. The predicted molar refractivity (Wildman–Crippen MR) is 77.7 cm³/mol. The van der Waals surface area contributed by atoms with Gasteiger partial charge in [0.1, 0.15) is 5.82 Å². The number of rotatable bonds is 2. The normalized spacial score (nSPS) is 15.2. The Hall–Kier alpha value is -1.99. The topological polar surface area (TPSA) is 77.2 Å². The maximum absolute atomic E-state index is 13.4. The van der Waals surface area contributed by atoms with Gasteiger partial charge in [-0.2, -0.15) is 15.0 Å². The molecule has 1 aliphatic rings. The van der Waals surface area contributed by atoms with Crippen LogP contribution >= 0.6 is 11.6 Å². The Labute approximate surface area is 125 Å². The lowest BCUT2D eigenvalue weighted by Crippen LogP contribution is -2.37. The van der Waals surface area contributed by atoms with Crippen molar-refractivity contribution in [2.24, 2.45) is 0 Å². The van der Waals surface area contributed by atoms with Crippen LogP contribution in [0.1, 0.15) is 0 Å². The summed E-state index contributed by atoms with van der Waals surface area (Å²) in [7, 11) is 0. The van der Waals surface area contributed by atoms with Crippen molar-refractivity contribution in [1.29, 1.82) is 0 Å². The van der Waals surface area contributed by atoms with Crippen LogP contribution in [0.5, 0.6) is 0 Å². The van der Waals surface area contributed by atoms with Gasteiger partial charge in [0.15, 0.2) is 5.82 Å². The average molecular weight is 310 g/mol. The first kappa shape index (κ1) is 14.0. The van der Waals surface area contributed by atoms with E-state index in [2.05, 4.69) is 15.0 Å². The van der Waals surface area contributed by atoms with Gasteiger partial charge in [-0.1, -0.05) is 11.6 Å². The molecule has 21 heavy (non-hydrogen) atoms. The van der Waals surface area contributed by atoms with Gasteiger partial charge in [0, 0.05) is 18.7 Å². The fourth-order valence-electron chi connectivity index (χ4n) is 2.07. The van der Waals surface area contributed by atoms with Crippen molar-refractivity contribution in [1.82, 2.24) is 15.0 Å². The SMILES string of the molecule is Nc1nc(-c2cc(F)ccc2Cl)nc(N2CCOCC2)n1. The number of aromatic nitrogens is 3. The summed E-state index contributed by atoms with van der Waals surface area (Å²) < 4.78 is 18.7. The zero-order chi connectivity index (χ0) is 14.8. The summed E-state index contributed by atoms with van der Waals surface area (Å²) in [5, 5.41) is 0.356. The molecule has 0 spiro atoms. The largest absolute Gasteiger partial charge is 0.378 e. The minimum absolute atomic E-state index is 0.0711. The Morgan fingerprint density at radius 2 is 1.95 bits per heavy atom. The summed E-state index contributed by atoms with van der Waals surface area (Å²) in [5.41, 5.74) is 6.12. The molecule has 6 nitrogen and oxygen atoms in total. The van der Waals surface area contributed by atoms with E-state index in [9.17, 15) is 4.39 Å². The fraction of sp³-hybridized carbons (Fsp3) is 0.308. The number of morpholine rings is 1. The average Bonchev–Trinajstić information content (AvgIpc) is 2.50. The van der Waals surface area contributed by atoms with Gasteiger partial charge in [-0.3, -0.25) is 0 Å². The molecular weight excluding hydrogens is 297 g/mol. The molecule has 0 atom stereocenters. The number of anilines is 2. The fourth-order valence-corrected chi connectivity index (χ4v) is 2.28. The van der Waals surface area contributed by atoms with Crippen molar-refractivity contribution >= 4 is 23.5 Å². The van der Waals surface area contributed by atoms with Gasteiger partial charge < -0.3 is 15.4 Å². The summed E-state index contributed by atoms with van der Waals surface area (Å²) in [6.45, 7) is 2.53. The Kier molecular flexibility index (Phi) is 3.85. The summed E-state index contributed by atoms with van der Waals surface area (Å²) in [4.78, 5) is 14.5. The van der Waals surface area contributed by atoms with Crippen LogP contribution in [0.2, 0.25) is 5.02 Å². The van der Waals surface area contributed by atoms with Crippen LogP contribution in [0.3, 0.4) is 0 Å². The van der Waals surface area contributed by atoms with Gasteiger partial charge in [0.2, 0.25) is 11.9 Å². The number of benzene rings is 1. The molecule has 1 fully saturated rings. The van der Waals surface area contributed by atoms with Gasteiger partial charge in [-0.25, -0.2) is 4.39 Å². The van der Waals surface area contributed by atoms with E-state index < -0.39 is 5.82 Å². The highest BCUT2D eigenvalue weighted by Gasteiger charge is 2.17. The highest BCUT2D eigenvalue weighted by molar-refractivity contribution is 6.33. The minimum atomic E-state index is -0.415. The molecular formula is C13H13ClFN5O. The van der Waals surface area contributed by atoms with Crippen LogP contribution in [0.4, 0.5) is 16.3 Å². The zero-order valence-electron chi connectivity index (χ0n) is 11.1. The van der Waals surface area contributed by atoms with Crippen molar-refractivity contribution < 1.29 is 9.13 Å². The lowest BCUT2D eigenvalue weighted by atomic mass is 10.2. The van der Waals surface area contributed by atoms with E-state index in [4.69, 9.17) is 22.1 Å². The molecule has 0 amide bonds. The maximum Gasteiger partial charge on any atom is 0.230 e. The second-order valence-electron chi connectivity index (χ2n) is 4.54. The third kappa shape index (κ3) is 3.03. The van der Waals surface area contributed by atoms with E-state index in [1.165, 1.54) is 18.2 Å². The van der Waals surface area contributed by atoms with E-state index >= 15 is 0 Å². The van der Waals surface area contributed by atoms with E-state index in [-0.39, 0.29) is 11.8 Å². The van der Waals surface area contributed by atoms with Crippen LogP contribution in [-0.2, 0) is 4.74 Å². The standard InChI is InChI=1S/C13H13ClFN5O/c14-10-2-1-8(15)7-9(10)11-17-12(16)19-13(18-11)20-3-5-21-6-4-20/h1-2,7H,3-6H2,(H2,16,17,18,19). The van der Waals surface area contributed by atoms with Gasteiger partial charge >= 0.3 is 0 Å². The van der Waals surface area contributed by atoms with Crippen LogP contribution in [0.15, 0.2) is 18.2 Å². The summed E-state index contributed by atoms with van der Waals surface area (Å²) in [6.07, 6.45) is 0. The molecule has 0 saturated carbocycles. The van der Waals surface area contributed by atoms with Gasteiger partial charge in [-0.15, -0.1) is 0 Å². The quantitative estimate of drug-likeness (QED) is 0.910. The van der Waals surface area contributed by atoms with Gasteiger partial charge in [0.25, 0.3) is 0 Å². The zero-order valence-corrected chi connectivity index (χ0v) is 11.8. The number of ether oxygens (including phenoxy) is 1. The summed E-state index contributed by atoms with van der Waals surface area (Å²) in [6, 6.07) is 4.01. The first-order valence-corrected chi connectivity index (χ1v) is 6.81. The van der Waals surface area contributed by atoms with Crippen molar-refractivity contribution in [3.05, 3.63) is 29.0 Å². The van der Waals surface area contributed by atoms with Crippen molar-refractivity contribution in [3.8, 4) is 11.4 Å². The lowest BCUT2D eigenvalue weighted by molar-refractivity contribution is 0.122. The number of hydrogen-bond donors (Lipinski definition) is 1. The van der Waals surface area contributed by atoms with Crippen molar-refractivity contribution in [2.45, 2.75) is 0 Å². The van der Waals surface area contributed by atoms with Gasteiger partial charge in [-0.05, 0) is 18.2 Å². The number of nitrogen functional groups attached to an aromatic ring is 1. The maximum atomic E-state index is 13.4. The Bertz CT molecular complexity index is 663. The second kappa shape index (κ2) is 5.79. The number of nitrogens with two attached hydrogens (primary N) is 1. The molecule has 2 N–H and O–H groups in total. The molecule has 1 saturated heterocycles. The van der Waals surface area contributed by atoms with Crippen LogP contribution in [-0.4, -0.2) is 41.3 Å². The van der Waals surface area contributed by atoms with E-state index in [1.807, 2.05) is 4.90 Å². The molecule has 2 aromatic rings. The Morgan fingerprint density at radius 1 is 1.19 bits per heavy atom. The molecule has 1 aliphatic heterocycles. The van der Waals surface area contributed by atoms with Crippen LogP contribution in [0, 0.1) is 5.82 Å². The highest BCUT2D eigenvalue weighted by atomic mass is 35.5. The Morgan fingerprint density at radius 3 is 2.71 bits per heavy atom. The molecule has 0 bridgehead atoms. The monoisotopic (exact) mass is 309 g/mol. The molecule has 1 aromatic heterocycles. The number of hydrogen-bond acceptors (Lipinski definition) is 6. The van der Waals surface area contributed by atoms with E-state index in [0.717, 1.165) is 0 Å². The Balaban J connectivity index is 2.02. The first-order valence-electron chi connectivity index (χ1n) is 6.43. The number of halogens is 2. The molecule has 1 aromatic carbocycles.